The van der Waals surface area contributed by atoms with E-state index in [1.165, 1.54) is 0 Å². The summed E-state index contributed by atoms with van der Waals surface area (Å²) in [4.78, 5) is 14.1. The number of carbonyl (C=O) groups is 1. The molecule has 0 aromatic carbocycles. The highest BCUT2D eigenvalue weighted by molar-refractivity contribution is 5.74. The molecule has 1 fully saturated rings. The van der Waals surface area contributed by atoms with Gasteiger partial charge in [-0.1, -0.05) is 13.8 Å². The normalized spacial score (nSPS) is 23.4. The lowest BCUT2D eigenvalue weighted by Gasteiger charge is -2.29. The molecule has 0 unspecified atom stereocenters. The van der Waals surface area contributed by atoms with Crippen LogP contribution in [0.25, 0.3) is 0 Å². The van der Waals surface area contributed by atoms with Gasteiger partial charge in [-0.2, -0.15) is 0 Å². The van der Waals surface area contributed by atoms with Gasteiger partial charge in [0.05, 0.1) is 0 Å². The van der Waals surface area contributed by atoms with Crippen LogP contribution in [-0.4, -0.2) is 56.2 Å². The van der Waals surface area contributed by atoms with E-state index in [1.54, 1.807) is 0 Å². The van der Waals surface area contributed by atoms with Gasteiger partial charge in [0.1, 0.15) is 0 Å². The zero-order chi connectivity index (χ0) is 14.1. The van der Waals surface area contributed by atoms with Crippen molar-refractivity contribution >= 4 is 6.03 Å². The number of rotatable bonds is 7. The molecule has 0 aliphatic heterocycles. The molecule has 0 bridgehead atoms. The third-order valence-electron chi connectivity index (χ3n) is 4.08. The zero-order valence-electron chi connectivity index (χ0n) is 12.7. The number of amides is 2. The van der Waals surface area contributed by atoms with Crippen molar-refractivity contribution in [1.82, 2.24) is 20.9 Å². The first-order valence-corrected chi connectivity index (χ1v) is 7.63. The molecule has 0 saturated heterocycles. The monoisotopic (exact) mass is 270 g/mol. The Kier molecular flexibility index (Phi) is 7.82. The Morgan fingerprint density at radius 3 is 2.21 bits per heavy atom. The van der Waals surface area contributed by atoms with Crippen molar-refractivity contribution < 1.29 is 4.79 Å². The second kappa shape index (κ2) is 9.15. The van der Waals surface area contributed by atoms with Gasteiger partial charge in [0.2, 0.25) is 0 Å². The number of carbonyl (C=O) groups excluding carboxylic acids is 1. The van der Waals surface area contributed by atoms with Crippen LogP contribution < -0.4 is 16.0 Å². The van der Waals surface area contributed by atoms with E-state index in [2.05, 4.69) is 34.7 Å². The Bertz CT molecular complexity index is 248. The largest absolute Gasteiger partial charge is 0.337 e. The minimum absolute atomic E-state index is 0.0138. The number of nitrogens with one attached hydrogen (secondary N) is 3. The highest BCUT2D eigenvalue weighted by Gasteiger charge is 2.20. The van der Waals surface area contributed by atoms with Crippen LogP contribution in [0.1, 0.15) is 39.5 Å². The van der Waals surface area contributed by atoms with Crippen LogP contribution >= 0.6 is 0 Å². The molecule has 2 amide bonds. The van der Waals surface area contributed by atoms with Gasteiger partial charge >= 0.3 is 6.03 Å². The van der Waals surface area contributed by atoms with E-state index >= 15 is 0 Å². The molecular weight excluding hydrogens is 240 g/mol. The highest BCUT2D eigenvalue weighted by atomic mass is 16.2. The van der Waals surface area contributed by atoms with Crippen molar-refractivity contribution in [2.45, 2.75) is 51.6 Å². The summed E-state index contributed by atoms with van der Waals surface area (Å²) < 4.78 is 0. The molecule has 0 aromatic heterocycles. The van der Waals surface area contributed by atoms with E-state index in [-0.39, 0.29) is 6.03 Å². The van der Waals surface area contributed by atoms with Crippen LogP contribution in [0.5, 0.6) is 0 Å². The molecule has 1 aliphatic carbocycles. The van der Waals surface area contributed by atoms with Crippen LogP contribution in [-0.2, 0) is 0 Å². The zero-order valence-corrected chi connectivity index (χ0v) is 12.7. The Hall–Kier alpha value is -0.810. The first-order valence-electron chi connectivity index (χ1n) is 7.63. The summed E-state index contributed by atoms with van der Waals surface area (Å²) in [7, 11) is 2.01. The minimum atomic E-state index is -0.0138. The van der Waals surface area contributed by atoms with Gasteiger partial charge in [0.25, 0.3) is 0 Å². The van der Waals surface area contributed by atoms with Crippen LogP contribution in [0.3, 0.4) is 0 Å². The van der Waals surface area contributed by atoms with E-state index in [4.69, 9.17) is 0 Å². The van der Waals surface area contributed by atoms with Crippen molar-refractivity contribution in [3.05, 3.63) is 0 Å². The summed E-state index contributed by atoms with van der Waals surface area (Å²) >= 11 is 0. The fourth-order valence-electron chi connectivity index (χ4n) is 2.63. The molecular formula is C14H30N4O. The maximum atomic E-state index is 11.8. The molecule has 5 heteroatoms. The molecule has 112 valence electrons. The molecule has 1 saturated carbocycles. The van der Waals surface area contributed by atoms with Crippen LogP contribution in [0, 0.1) is 0 Å². The summed E-state index contributed by atoms with van der Waals surface area (Å²) in [6, 6.07) is 0.960. The quantitative estimate of drug-likeness (QED) is 0.650. The SMILES string of the molecule is CCN(CC)CCNC(=O)NC1CCC(NC)CC1. The molecule has 3 N–H and O–H groups in total. The predicted molar refractivity (Wildman–Crippen MR) is 79.4 cm³/mol. The fourth-order valence-corrected chi connectivity index (χ4v) is 2.63. The molecule has 0 radical (unpaired) electrons. The Morgan fingerprint density at radius 1 is 1.11 bits per heavy atom. The smallest absolute Gasteiger partial charge is 0.315 e. The topological polar surface area (TPSA) is 56.4 Å². The van der Waals surface area contributed by atoms with Crippen molar-refractivity contribution in [2.75, 3.05) is 33.2 Å². The molecule has 1 rings (SSSR count). The number of hydrogen-bond donors (Lipinski definition) is 3. The van der Waals surface area contributed by atoms with E-state index in [9.17, 15) is 4.79 Å². The molecule has 0 spiro atoms. The third-order valence-corrected chi connectivity index (χ3v) is 4.08. The first-order chi connectivity index (χ1) is 9.19. The van der Waals surface area contributed by atoms with E-state index < -0.39 is 0 Å². The van der Waals surface area contributed by atoms with Gasteiger partial charge < -0.3 is 20.9 Å². The lowest BCUT2D eigenvalue weighted by molar-refractivity contribution is 0.226. The van der Waals surface area contributed by atoms with Crippen molar-refractivity contribution in [3.63, 3.8) is 0 Å². The summed E-state index contributed by atoms with van der Waals surface area (Å²) in [5, 5.41) is 9.33. The maximum Gasteiger partial charge on any atom is 0.315 e. The second-order valence-electron chi connectivity index (χ2n) is 5.26. The molecule has 0 heterocycles. The standard InChI is InChI=1S/C14H30N4O/c1-4-18(5-2)11-10-16-14(19)17-13-8-6-12(15-3)7-9-13/h12-13,15H,4-11H2,1-3H3,(H2,16,17,19). The maximum absolute atomic E-state index is 11.8. The van der Waals surface area contributed by atoms with Crippen LogP contribution in [0.4, 0.5) is 4.79 Å². The molecule has 19 heavy (non-hydrogen) atoms. The van der Waals surface area contributed by atoms with Gasteiger partial charge in [-0.3, -0.25) is 0 Å². The van der Waals surface area contributed by atoms with E-state index in [0.29, 0.717) is 12.1 Å². The van der Waals surface area contributed by atoms with Crippen molar-refractivity contribution in [1.29, 1.82) is 0 Å². The van der Waals surface area contributed by atoms with E-state index in [1.807, 2.05) is 7.05 Å². The minimum Gasteiger partial charge on any atom is -0.337 e. The fraction of sp³-hybridized carbons (Fsp3) is 0.929. The summed E-state index contributed by atoms with van der Waals surface area (Å²) in [6.07, 6.45) is 4.46. The van der Waals surface area contributed by atoms with Crippen LogP contribution in [0.2, 0.25) is 0 Å². The second-order valence-corrected chi connectivity index (χ2v) is 5.26. The highest BCUT2D eigenvalue weighted by Crippen LogP contribution is 2.17. The predicted octanol–water partition coefficient (Wildman–Crippen LogP) is 1.16. The first kappa shape index (κ1) is 16.2. The van der Waals surface area contributed by atoms with Gasteiger partial charge in [-0.25, -0.2) is 4.79 Å². The van der Waals surface area contributed by atoms with Crippen LogP contribution in [0.15, 0.2) is 0 Å². The molecule has 5 nitrogen and oxygen atoms in total. The number of likely N-dealkylation sites (N-methyl/N-ethyl adjacent to an activating group) is 1. The Morgan fingerprint density at radius 2 is 1.68 bits per heavy atom. The average Bonchev–Trinajstić information content (AvgIpc) is 2.44. The van der Waals surface area contributed by atoms with E-state index in [0.717, 1.165) is 51.9 Å². The summed E-state index contributed by atoms with van der Waals surface area (Å²) in [5.74, 6) is 0. The lowest BCUT2D eigenvalue weighted by Crippen LogP contribution is -2.47. The number of nitrogens with zero attached hydrogens (tertiary/aromatic N) is 1. The number of urea groups is 1. The van der Waals surface area contributed by atoms with Crippen molar-refractivity contribution in [3.8, 4) is 0 Å². The molecule has 0 aromatic rings. The molecule has 0 atom stereocenters. The molecule has 1 aliphatic rings. The van der Waals surface area contributed by atoms with Gasteiger partial charge in [0, 0.05) is 25.2 Å². The summed E-state index contributed by atoms with van der Waals surface area (Å²) in [6.45, 7) is 8.00. The third kappa shape index (κ3) is 6.25. The number of hydrogen-bond acceptors (Lipinski definition) is 3. The van der Waals surface area contributed by atoms with Gasteiger partial charge in [-0.05, 0) is 45.8 Å². The average molecular weight is 270 g/mol. The summed E-state index contributed by atoms with van der Waals surface area (Å²) in [5.41, 5.74) is 0. The Labute approximate surface area is 117 Å². The lowest BCUT2D eigenvalue weighted by atomic mass is 9.91. The van der Waals surface area contributed by atoms with Gasteiger partial charge in [-0.15, -0.1) is 0 Å². The Balaban J connectivity index is 2.11. The van der Waals surface area contributed by atoms with Crippen molar-refractivity contribution in [2.24, 2.45) is 0 Å². The van der Waals surface area contributed by atoms with Gasteiger partial charge in [0.15, 0.2) is 0 Å².